The van der Waals surface area contributed by atoms with Crippen LogP contribution in [0.15, 0.2) is 53.7 Å². The van der Waals surface area contributed by atoms with E-state index in [-0.39, 0.29) is 11.3 Å². The maximum absolute atomic E-state index is 12.5. The zero-order valence-electron chi connectivity index (χ0n) is 12.2. The number of hydrogen-bond donors (Lipinski definition) is 3. The Kier molecular flexibility index (Phi) is 5.08. The lowest BCUT2D eigenvalue weighted by atomic mass is 9.95. The zero-order valence-corrected chi connectivity index (χ0v) is 12.2. The summed E-state index contributed by atoms with van der Waals surface area (Å²) in [5.74, 6) is -1.45. The molecule has 0 saturated carbocycles. The molecule has 8 heteroatoms. The average Bonchev–Trinajstić information content (AvgIpc) is 2.53. The lowest BCUT2D eigenvalue weighted by molar-refractivity contribution is -0.129. The van der Waals surface area contributed by atoms with Crippen LogP contribution in [0.25, 0.3) is 11.1 Å². The summed E-state index contributed by atoms with van der Waals surface area (Å²) < 4.78 is 37.4. The van der Waals surface area contributed by atoms with Gasteiger partial charge in [0, 0.05) is 16.8 Å². The molecule has 0 bridgehead atoms. The highest BCUT2D eigenvalue weighted by Gasteiger charge is 2.27. The molecule has 0 saturated heterocycles. The van der Waals surface area contributed by atoms with Crippen molar-refractivity contribution < 1.29 is 28.3 Å². The van der Waals surface area contributed by atoms with Crippen LogP contribution in [-0.2, 0) is 4.79 Å². The topological polar surface area (TPSA) is 81.9 Å². The number of alkyl halides is 3. The summed E-state index contributed by atoms with van der Waals surface area (Å²) in [6, 6.07) is 12.3. The summed E-state index contributed by atoms with van der Waals surface area (Å²) in [6.07, 6.45) is -4.40. The first-order chi connectivity index (χ1) is 11.3. The van der Waals surface area contributed by atoms with E-state index in [0.717, 1.165) is 0 Å². The predicted octanol–water partition coefficient (Wildman–Crippen LogP) is 3.59. The fraction of sp³-hybridized carbons (Fsp3) is 0.125. The second kappa shape index (κ2) is 7.03. The van der Waals surface area contributed by atoms with Crippen LogP contribution in [0.4, 0.5) is 18.9 Å². The number of hydrogen-bond acceptors (Lipinski definition) is 4. The zero-order chi connectivity index (χ0) is 17.7. The number of nitrogens with zero attached hydrogens (tertiary/aromatic N) is 1. The number of carboxylic acids is 1. The van der Waals surface area contributed by atoms with Gasteiger partial charge in [0.05, 0.1) is 0 Å². The molecule has 2 aromatic carbocycles. The second-order valence-corrected chi connectivity index (χ2v) is 4.81. The smallest absolute Gasteiger partial charge is 0.405 e. The predicted molar refractivity (Wildman–Crippen MR) is 82.4 cm³/mol. The third-order valence-electron chi connectivity index (χ3n) is 3.18. The van der Waals surface area contributed by atoms with Gasteiger partial charge in [0.25, 0.3) is 0 Å². The van der Waals surface area contributed by atoms with Gasteiger partial charge in [-0.05, 0) is 11.6 Å². The second-order valence-electron chi connectivity index (χ2n) is 4.81. The highest BCUT2D eigenvalue weighted by Crippen LogP contribution is 2.31. The molecule has 0 unspecified atom stereocenters. The molecular weight excluding hydrogens is 325 g/mol. The van der Waals surface area contributed by atoms with E-state index in [1.165, 1.54) is 18.2 Å². The van der Waals surface area contributed by atoms with Crippen molar-refractivity contribution >= 4 is 17.4 Å². The van der Waals surface area contributed by atoms with Crippen molar-refractivity contribution in [3.63, 3.8) is 0 Å². The highest BCUT2D eigenvalue weighted by atomic mass is 19.4. The van der Waals surface area contributed by atoms with Crippen molar-refractivity contribution in [1.29, 1.82) is 0 Å². The van der Waals surface area contributed by atoms with Gasteiger partial charge in [-0.2, -0.15) is 13.2 Å². The summed E-state index contributed by atoms with van der Waals surface area (Å²) >= 11 is 0. The van der Waals surface area contributed by atoms with Gasteiger partial charge in [0.1, 0.15) is 6.54 Å². The first-order valence-electron chi connectivity index (χ1n) is 6.78. The van der Waals surface area contributed by atoms with Gasteiger partial charge in [0.2, 0.25) is 0 Å². The Morgan fingerprint density at radius 3 is 2.21 bits per heavy atom. The standard InChI is InChI=1S/C16H13F3N2O3/c17-16(18,19)9-20-13-8-4-3-6-11(13)10-5-1-2-7-12(10)14(21-24)15(22)23/h1-8,20,24H,9H2,(H,22,23)/b21-14+. The Labute approximate surface area is 135 Å². The van der Waals surface area contributed by atoms with E-state index in [0.29, 0.717) is 11.1 Å². The number of rotatable bonds is 5. The number of para-hydroxylation sites is 1. The molecule has 0 heterocycles. The molecule has 2 aromatic rings. The van der Waals surface area contributed by atoms with Crippen LogP contribution in [0.2, 0.25) is 0 Å². The Bertz CT molecular complexity index is 773. The van der Waals surface area contributed by atoms with E-state index in [9.17, 15) is 18.0 Å². The SMILES string of the molecule is O=C(O)/C(=N/O)c1ccccc1-c1ccccc1NCC(F)(F)F. The van der Waals surface area contributed by atoms with Crippen LogP contribution < -0.4 is 5.32 Å². The number of aliphatic carboxylic acids is 1. The summed E-state index contributed by atoms with van der Waals surface area (Å²) in [6.45, 7) is -1.23. The summed E-state index contributed by atoms with van der Waals surface area (Å²) in [5, 5.41) is 23.1. The van der Waals surface area contributed by atoms with Crippen LogP contribution in [0.3, 0.4) is 0 Å². The maximum atomic E-state index is 12.5. The van der Waals surface area contributed by atoms with Gasteiger partial charge in [-0.1, -0.05) is 47.6 Å². The van der Waals surface area contributed by atoms with Gasteiger partial charge in [-0.15, -0.1) is 0 Å². The number of benzene rings is 2. The van der Waals surface area contributed by atoms with Gasteiger partial charge in [0.15, 0.2) is 5.71 Å². The molecule has 3 N–H and O–H groups in total. The minimum absolute atomic E-state index is 0.0914. The number of carbonyl (C=O) groups is 1. The van der Waals surface area contributed by atoms with E-state index in [4.69, 9.17) is 10.3 Å². The Morgan fingerprint density at radius 2 is 1.62 bits per heavy atom. The fourth-order valence-electron chi connectivity index (χ4n) is 2.20. The molecule has 126 valence electrons. The molecule has 0 radical (unpaired) electrons. The Balaban J connectivity index is 2.52. The first-order valence-corrected chi connectivity index (χ1v) is 6.78. The van der Waals surface area contributed by atoms with Crippen molar-refractivity contribution in [3.8, 4) is 11.1 Å². The maximum Gasteiger partial charge on any atom is 0.405 e. The molecule has 2 rings (SSSR count). The largest absolute Gasteiger partial charge is 0.476 e. The van der Waals surface area contributed by atoms with Crippen LogP contribution in [0, 0.1) is 0 Å². The van der Waals surface area contributed by atoms with Crippen molar-refractivity contribution in [2.45, 2.75) is 6.18 Å². The van der Waals surface area contributed by atoms with Crippen molar-refractivity contribution in [2.75, 3.05) is 11.9 Å². The number of nitrogens with one attached hydrogen (secondary N) is 1. The van der Waals surface area contributed by atoms with Crippen LogP contribution in [0.1, 0.15) is 5.56 Å². The molecule has 0 aromatic heterocycles. The number of carboxylic acid groups (broad SMARTS) is 1. The number of anilines is 1. The van der Waals surface area contributed by atoms with Crippen molar-refractivity contribution in [1.82, 2.24) is 0 Å². The van der Waals surface area contributed by atoms with Crippen molar-refractivity contribution in [3.05, 3.63) is 54.1 Å². The van der Waals surface area contributed by atoms with E-state index < -0.39 is 24.4 Å². The van der Waals surface area contributed by atoms with Gasteiger partial charge >= 0.3 is 12.1 Å². The van der Waals surface area contributed by atoms with E-state index in [1.54, 1.807) is 30.3 Å². The minimum Gasteiger partial charge on any atom is -0.476 e. The van der Waals surface area contributed by atoms with Gasteiger partial charge in [-0.3, -0.25) is 0 Å². The number of halogens is 3. The quantitative estimate of drug-likeness (QED) is 0.442. The summed E-state index contributed by atoms with van der Waals surface area (Å²) in [4.78, 5) is 11.2. The van der Waals surface area contributed by atoms with Crippen molar-refractivity contribution in [2.24, 2.45) is 5.16 Å². The first kappa shape index (κ1) is 17.3. The minimum atomic E-state index is -4.40. The fourth-order valence-corrected chi connectivity index (χ4v) is 2.20. The lowest BCUT2D eigenvalue weighted by Crippen LogP contribution is -2.21. The number of oxime groups is 1. The Hall–Kier alpha value is -3.03. The molecule has 0 aliphatic carbocycles. The highest BCUT2D eigenvalue weighted by molar-refractivity contribution is 6.43. The van der Waals surface area contributed by atoms with Gasteiger partial charge < -0.3 is 15.6 Å². The molecule has 0 aliphatic heterocycles. The average molecular weight is 338 g/mol. The molecule has 0 fully saturated rings. The molecule has 0 amide bonds. The van der Waals surface area contributed by atoms with Crippen LogP contribution in [-0.4, -0.2) is 34.7 Å². The molecule has 0 atom stereocenters. The molecule has 0 aliphatic rings. The summed E-state index contributed by atoms with van der Waals surface area (Å²) in [5.41, 5.74) is 0.368. The third-order valence-corrected chi connectivity index (χ3v) is 3.18. The molecule has 5 nitrogen and oxygen atoms in total. The van der Waals surface area contributed by atoms with Crippen LogP contribution in [0.5, 0.6) is 0 Å². The van der Waals surface area contributed by atoms with E-state index in [2.05, 4.69) is 10.5 Å². The monoisotopic (exact) mass is 338 g/mol. The normalized spacial score (nSPS) is 12.0. The van der Waals surface area contributed by atoms with Crippen LogP contribution >= 0.6 is 0 Å². The summed E-state index contributed by atoms with van der Waals surface area (Å²) in [7, 11) is 0. The van der Waals surface area contributed by atoms with Gasteiger partial charge in [-0.25, -0.2) is 4.79 Å². The molecule has 24 heavy (non-hydrogen) atoms. The molecular formula is C16H13F3N2O3. The molecule has 0 spiro atoms. The van der Waals surface area contributed by atoms with E-state index in [1.807, 2.05) is 0 Å². The van der Waals surface area contributed by atoms with E-state index >= 15 is 0 Å². The Morgan fingerprint density at radius 1 is 1.04 bits per heavy atom. The lowest BCUT2D eigenvalue weighted by Gasteiger charge is -2.16. The third kappa shape index (κ3) is 4.03.